The Balaban J connectivity index is 1.71. The van der Waals surface area contributed by atoms with E-state index < -0.39 is 5.97 Å². The topological polar surface area (TPSA) is 61.8 Å². The molecule has 0 fully saturated rings. The summed E-state index contributed by atoms with van der Waals surface area (Å²) >= 11 is 0. The molecule has 0 saturated carbocycles. The van der Waals surface area contributed by atoms with E-state index in [0.717, 1.165) is 18.4 Å². The summed E-state index contributed by atoms with van der Waals surface area (Å²) in [6.07, 6.45) is 4.81. The summed E-state index contributed by atoms with van der Waals surface area (Å²) < 4.78 is 15.3. The highest BCUT2D eigenvalue weighted by atomic mass is 16.6. The van der Waals surface area contributed by atoms with E-state index in [1.54, 1.807) is 0 Å². The highest BCUT2D eigenvalue weighted by molar-refractivity contribution is 5.90. The number of hydrogen-bond acceptors (Lipinski definition) is 5. The second kappa shape index (κ2) is 8.04. The van der Waals surface area contributed by atoms with E-state index in [-0.39, 0.29) is 18.1 Å². The lowest BCUT2D eigenvalue weighted by Gasteiger charge is -2.16. The number of carbonyl (C=O) groups excluding carboxylic acids is 2. The number of aryl methyl sites for hydroxylation is 2. The third-order valence-electron chi connectivity index (χ3n) is 4.57. The first kappa shape index (κ1) is 18.0. The predicted molar refractivity (Wildman–Crippen MR) is 96.8 cm³/mol. The Morgan fingerprint density at radius 1 is 0.923 bits per heavy atom. The van der Waals surface area contributed by atoms with E-state index in [0.29, 0.717) is 11.3 Å². The molecule has 0 aromatic heterocycles. The second-order valence-electron chi connectivity index (χ2n) is 6.32. The monoisotopic (exact) mass is 354 g/mol. The van der Waals surface area contributed by atoms with E-state index in [2.05, 4.69) is 16.9 Å². The van der Waals surface area contributed by atoms with E-state index in [1.165, 1.54) is 56.4 Å². The number of fused-ring (bicyclic) bond motifs is 1. The average Bonchev–Trinajstić information content (AvgIpc) is 2.67. The Labute approximate surface area is 152 Å². The minimum atomic E-state index is -0.477. The standard InChI is InChI=1S/C21H22O5/c1-24-19-13-17(21(23)25-2)9-10-18(19)26-20(22)12-14-7-8-15-5-3-4-6-16(15)11-14/h7-11,13H,3-6,12H2,1-2H3. The fourth-order valence-corrected chi connectivity index (χ4v) is 3.22. The van der Waals surface area contributed by atoms with Crippen molar-refractivity contribution in [3.05, 3.63) is 58.7 Å². The first-order chi connectivity index (χ1) is 12.6. The van der Waals surface area contributed by atoms with Crippen molar-refractivity contribution in [3.63, 3.8) is 0 Å². The molecular weight excluding hydrogens is 332 g/mol. The third kappa shape index (κ3) is 4.04. The van der Waals surface area contributed by atoms with Gasteiger partial charge in [0.15, 0.2) is 11.5 Å². The van der Waals surface area contributed by atoms with Crippen LogP contribution in [0.2, 0.25) is 0 Å². The lowest BCUT2D eigenvalue weighted by atomic mass is 9.90. The van der Waals surface area contributed by atoms with E-state index in [1.807, 2.05) is 6.07 Å². The molecular formula is C21H22O5. The Bertz CT molecular complexity index is 825. The predicted octanol–water partition coefficient (Wildman–Crippen LogP) is 3.51. The minimum Gasteiger partial charge on any atom is -0.493 e. The van der Waals surface area contributed by atoms with Crippen LogP contribution in [-0.4, -0.2) is 26.2 Å². The summed E-state index contributed by atoms with van der Waals surface area (Å²) in [6.45, 7) is 0. The van der Waals surface area contributed by atoms with E-state index in [9.17, 15) is 9.59 Å². The van der Waals surface area contributed by atoms with Gasteiger partial charge in [-0.15, -0.1) is 0 Å². The highest BCUT2D eigenvalue weighted by Gasteiger charge is 2.16. The van der Waals surface area contributed by atoms with Gasteiger partial charge in [-0.2, -0.15) is 0 Å². The van der Waals surface area contributed by atoms with E-state index in [4.69, 9.17) is 9.47 Å². The molecule has 2 aromatic rings. The quantitative estimate of drug-likeness (QED) is 0.607. The van der Waals surface area contributed by atoms with Gasteiger partial charge in [0, 0.05) is 0 Å². The second-order valence-corrected chi connectivity index (χ2v) is 6.32. The summed E-state index contributed by atoms with van der Waals surface area (Å²) in [4.78, 5) is 23.9. The summed E-state index contributed by atoms with van der Waals surface area (Å²) in [5, 5.41) is 0. The molecule has 0 aliphatic heterocycles. The van der Waals surface area contributed by atoms with Crippen LogP contribution >= 0.6 is 0 Å². The number of benzene rings is 2. The fraction of sp³-hybridized carbons (Fsp3) is 0.333. The Morgan fingerprint density at radius 3 is 2.42 bits per heavy atom. The third-order valence-corrected chi connectivity index (χ3v) is 4.57. The van der Waals surface area contributed by atoms with Gasteiger partial charge in [0.05, 0.1) is 26.2 Å². The van der Waals surface area contributed by atoms with Gasteiger partial charge < -0.3 is 14.2 Å². The fourth-order valence-electron chi connectivity index (χ4n) is 3.22. The number of ether oxygens (including phenoxy) is 3. The molecule has 0 atom stereocenters. The van der Waals surface area contributed by atoms with Crippen molar-refractivity contribution in [2.45, 2.75) is 32.1 Å². The molecule has 0 radical (unpaired) electrons. The van der Waals surface area contributed by atoms with Gasteiger partial charge in [0.25, 0.3) is 0 Å². The molecule has 26 heavy (non-hydrogen) atoms. The SMILES string of the molecule is COC(=O)c1ccc(OC(=O)Cc2ccc3c(c2)CCCC3)c(OC)c1. The minimum absolute atomic E-state index is 0.190. The Morgan fingerprint density at radius 2 is 1.69 bits per heavy atom. The van der Waals surface area contributed by atoms with Crippen molar-refractivity contribution in [2.24, 2.45) is 0 Å². The van der Waals surface area contributed by atoms with Gasteiger partial charge in [-0.1, -0.05) is 18.2 Å². The first-order valence-corrected chi connectivity index (χ1v) is 8.68. The lowest BCUT2D eigenvalue weighted by Crippen LogP contribution is -2.13. The number of methoxy groups -OCH3 is 2. The van der Waals surface area contributed by atoms with Crippen LogP contribution in [0.4, 0.5) is 0 Å². The van der Waals surface area contributed by atoms with Crippen molar-refractivity contribution >= 4 is 11.9 Å². The van der Waals surface area contributed by atoms with Gasteiger partial charge in [-0.05, 0) is 60.6 Å². The van der Waals surface area contributed by atoms with Gasteiger partial charge in [-0.3, -0.25) is 4.79 Å². The van der Waals surface area contributed by atoms with Crippen molar-refractivity contribution < 1.29 is 23.8 Å². The van der Waals surface area contributed by atoms with Crippen LogP contribution in [0.15, 0.2) is 36.4 Å². The summed E-state index contributed by atoms with van der Waals surface area (Å²) in [5.74, 6) is -0.255. The maximum atomic E-state index is 12.3. The normalized spacial score (nSPS) is 12.8. The van der Waals surface area contributed by atoms with Crippen LogP contribution in [0, 0.1) is 0 Å². The number of esters is 2. The van der Waals surface area contributed by atoms with Crippen molar-refractivity contribution in [2.75, 3.05) is 14.2 Å². The number of rotatable bonds is 5. The molecule has 136 valence electrons. The zero-order chi connectivity index (χ0) is 18.5. The van der Waals surface area contributed by atoms with Crippen molar-refractivity contribution in [3.8, 4) is 11.5 Å². The Hall–Kier alpha value is -2.82. The van der Waals surface area contributed by atoms with Crippen LogP contribution in [0.3, 0.4) is 0 Å². The summed E-state index contributed by atoms with van der Waals surface area (Å²) in [5.41, 5.74) is 4.00. The molecule has 0 saturated heterocycles. The van der Waals surface area contributed by atoms with Crippen LogP contribution in [0.25, 0.3) is 0 Å². The van der Waals surface area contributed by atoms with Crippen molar-refractivity contribution in [1.29, 1.82) is 0 Å². The molecule has 2 aromatic carbocycles. The largest absolute Gasteiger partial charge is 0.493 e. The molecule has 0 amide bonds. The first-order valence-electron chi connectivity index (χ1n) is 8.68. The molecule has 1 aliphatic carbocycles. The summed E-state index contributed by atoms with van der Waals surface area (Å²) in [6, 6.07) is 10.8. The maximum Gasteiger partial charge on any atom is 0.337 e. The van der Waals surface area contributed by atoms with Gasteiger partial charge in [0.2, 0.25) is 0 Å². The molecule has 5 nitrogen and oxygen atoms in total. The highest BCUT2D eigenvalue weighted by Crippen LogP contribution is 2.29. The molecule has 0 N–H and O–H groups in total. The summed E-state index contributed by atoms with van der Waals surface area (Å²) in [7, 11) is 2.76. The van der Waals surface area contributed by atoms with Gasteiger partial charge in [0.1, 0.15) is 0 Å². The lowest BCUT2D eigenvalue weighted by molar-refractivity contribution is -0.133. The molecule has 0 spiro atoms. The molecule has 0 heterocycles. The zero-order valence-corrected chi connectivity index (χ0v) is 15.0. The Kier molecular flexibility index (Phi) is 5.56. The number of carbonyl (C=O) groups is 2. The molecule has 1 aliphatic rings. The van der Waals surface area contributed by atoms with Crippen LogP contribution < -0.4 is 9.47 Å². The molecule has 0 bridgehead atoms. The van der Waals surface area contributed by atoms with Gasteiger partial charge in [-0.25, -0.2) is 4.79 Å². The molecule has 0 unspecified atom stereocenters. The van der Waals surface area contributed by atoms with Gasteiger partial charge >= 0.3 is 11.9 Å². The van der Waals surface area contributed by atoms with Crippen LogP contribution in [0.5, 0.6) is 11.5 Å². The molecule has 3 rings (SSSR count). The smallest absolute Gasteiger partial charge is 0.337 e. The van der Waals surface area contributed by atoms with Crippen LogP contribution in [0.1, 0.15) is 39.9 Å². The zero-order valence-electron chi connectivity index (χ0n) is 15.0. The average molecular weight is 354 g/mol. The molecule has 5 heteroatoms. The maximum absolute atomic E-state index is 12.3. The van der Waals surface area contributed by atoms with Crippen molar-refractivity contribution in [1.82, 2.24) is 0 Å². The number of hydrogen-bond donors (Lipinski definition) is 0. The van der Waals surface area contributed by atoms with E-state index >= 15 is 0 Å². The van der Waals surface area contributed by atoms with Crippen LogP contribution in [-0.2, 0) is 28.8 Å².